The van der Waals surface area contributed by atoms with Gasteiger partial charge in [-0.2, -0.15) is 5.26 Å². The van der Waals surface area contributed by atoms with Gasteiger partial charge in [0.2, 0.25) is 0 Å². The number of anilines is 1. The molecule has 0 fully saturated rings. The molecule has 2 rings (SSSR count). The molecular formula is C22H18BrIN2O6. The highest BCUT2D eigenvalue weighted by Gasteiger charge is 2.14. The van der Waals surface area contributed by atoms with E-state index >= 15 is 0 Å². The van der Waals surface area contributed by atoms with Gasteiger partial charge in [-0.3, -0.25) is 4.79 Å². The SMILES string of the molecule is CCOC(=O)COc1c(Br)cc(/C=C(\C#N)C(=O)Nc2ccc(C(=O)OC)cc2)cc1I. The van der Waals surface area contributed by atoms with Gasteiger partial charge in [0.1, 0.15) is 17.4 Å². The summed E-state index contributed by atoms with van der Waals surface area (Å²) in [5.41, 5.74) is 1.22. The van der Waals surface area contributed by atoms with E-state index in [0.717, 1.165) is 0 Å². The number of hydrogen-bond acceptors (Lipinski definition) is 7. The monoisotopic (exact) mass is 612 g/mol. The average Bonchev–Trinajstić information content (AvgIpc) is 2.77. The molecule has 0 aromatic heterocycles. The lowest BCUT2D eigenvalue weighted by atomic mass is 10.1. The first kappa shape index (κ1) is 25.4. The van der Waals surface area contributed by atoms with E-state index in [1.54, 1.807) is 19.1 Å². The Balaban J connectivity index is 2.16. The van der Waals surface area contributed by atoms with Gasteiger partial charge in [0.25, 0.3) is 5.91 Å². The fourth-order valence-corrected chi connectivity index (χ4v) is 4.22. The molecule has 0 saturated heterocycles. The number of nitrogens with zero attached hydrogens (tertiary/aromatic N) is 1. The van der Waals surface area contributed by atoms with Crippen molar-refractivity contribution in [1.82, 2.24) is 0 Å². The molecule has 0 aliphatic carbocycles. The fourth-order valence-electron chi connectivity index (χ4n) is 2.46. The van der Waals surface area contributed by atoms with Crippen LogP contribution < -0.4 is 10.1 Å². The topological polar surface area (TPSA) is 115 Å². The van der Waals surface area contributed by atoms with Crippen LogP contribution in [0.3, 0.4) is 0 Å². The molecule has 0 aliphatic heterocycles. The highest BCUT2D eigenvalue weighted by atomic mass is 127. The molecule has 2 aromatic rings. The zero-order valence-electron chi connectivity index (χ0n) is 17.1. The lowest BCUT2D eigenvalue weighted by molar-refractivity contribution is -0.145. The van der Waals surface area contributed by atoms with E-state index in [4.69, 9.17) is 9.47 Å². The van der Waals surface area contributed by atoms with E-state index in [1.807, 2.05) is 28.7 Å². The second kappa shape index (κ2) is 12.2. The molecule has 0 atom stereocenters. The van der Waals surface area contributed by atoms with Crippen LogP contribution >= 0.6 is 38.5 Å². The summed E-state index contributed by atoms with van der Waals surface area (Å²) in [5, 5.41) is 12.1. The minimum absolute atomic E-state index is 0.120. The summed E-state index contributed by atoms with van der Waals surface area (Å²) in [7, 11) is 1.28. The molecule has 2 aromatic carbocycles. The first-order chi connectivity index (χ1) is 15.3. The van der Waals surface area contributed by atoms with Crippen molar-refractivity contribution >= 4 is 68.1 Å². The number of halogens is 2. The molecule has 1 amide bonds. The summed E-state index contributed by atoms with van der Waals surface area (Å²) in [4.78, 5) is 35.5. The Hall–Kier alpha value is -2.91. The lowest BCUT2D eigenvalue weighted by Crippen LogP contribution is -2.15. The maximum atomic E-state index is 12.5. The second-order valence-corrected chi connectivity index (χ2v) is 8.12. The Labute approximate surface area is 206 Å². The molecule has 1 N–H and O–H groups in total. The van der Waals surface area contributed by atoms with Crippen molar-refractivity contribution in [2.75, 3.05) is 25.6 Å². The highest BCUT2D eigenvalue weighted by Crippen LogP contribution is 2.32. The number of ether oxygens (including phenoxy) is 3. The Kier molecular flexibility index (Phi) is 9.67. The van der Waals surface area contributed by atoms with Gasteiger partial charge in [0.15, 0.2) is 6.61 Å². The number of benzene rings is 2. The molecule has 0 radical (unpaired) electrons. The van der Waals surface area contributed by atoms with E-state index < -0.39 is 17.8 Å². The Morgan fingerprint density at radius 1 is 1.22 bits per heavy atom. The number of rotatable bonds is 8. The number of amides is 1. The quantitative estimate of drug-likeness (QED) is 0.204. The minimum atomic E-state index is -0.605. The number of methoxy groups -OCH3 is 1. The first-order valence-corrected chi connectivity index (χ1v) is 11.0. The average molecular weight is 613 g/mol. The van der Waals surface area contributed by atoms with Gasteiger partial charge in [0.05, 0.1) is 27.3 Å². The summed E-state index contributed by atoms with van der Waals surface area (Å²) in [6.45, 7) is 1.73. The van der Waals surface area contributed by atoms with Crippen LogP contribution in [0.5, 0.6) is 5.75 Å². The molecule has 8 nitrogen and oxygen atoms in total. The molecular weight excluding hydrogens is 595 g/mol. The molecule has 32 heavy (non-hydrogen) atoms. The number of carbonyl (C=O) groups is 3. The van der Waals surface area contributed by atoms with Crippen molar-refractivity contribution in [2.24, 2.45) is 0 Å². The Morgan fingerprint density at radius 3 is 2.47 bits per heavy atom. The van der Waals surface area contributed by atoms with Crippen LogP contribution in [0.4, 0.5) is 5.69 Å². The minimum Gasteiger partial charge on any atom is -0.480 e. The molecule has 166 valence electrons. The number of hydrogen-bond donors (Lipinski definition) is 1. The summed E-state index contributed by atoms with van der Waals surface area (Å²) in [6.07, 6.45) is 1.43. The van der Waals surface area contributed by atoms with Gasteiger partial charge in [-0.05, 0) is 93.5 Å². The number of nitrogens with one attached hydrogen (secondary N) is 1. The van der Waals surface area contributed by atoms with Crippen LogP contribution in [-0.4, -0.2) is 38.2 Å². The standard InChI is InChI=1S/C22H18BrIN2O6/c1-3-31-19(27)12-32-20-17(23)9-13(10-18(20)24)8-15(11-25)21(28)26-16-6-4-14(5-7-16)22(29)30-2/h4-10H,3,12H2,1-2H3,(H,26,28)/b15-8+. The Bertz CT molecular complexity index is 1070. The van der Waals surface area contributed by atoms with Crippen LogP contribution in [0.15, 0.2) is 46.4 Å². The van der Waals surface area contributed by atoms with E-state index in [1.165, 1.54) is 37.5 Å². The zero-order valence-corrected chi connectivity index (χ0v) is 20.9. The number of esters is 2. The molecule has 0 saturated carbocycles. The molecule has 0 heterocycles. The maximum absolute atomic E-state index is 12.5. The summed E-state index contributed by atoms with van der Waals surface area (Å²) >= 11 is 5.41. The van der Waals surface area contributed by atoms with Gasteiger partial charge in [0, 0.05) is 5.69 Å². The van der Waals surface area contributed by atoms with Gasteiger partial charge < -0.3 is 19.5 Å². The smallest absolute Gasteiger partial charge is 0.344 e. The van der Waals surface area contributed by atoms with Crippen LogP contribution in [0.1, 0.15) is 22.8 Å². The van der Waals surface area contributed by atoms with E-state index in [9.17, 15) is 19.6 Å². The van der Waals surface area contributed by atoms with E-state index in [0.29, 0.717) is 30.6 Å². The van der Waals surface area contributed by atoms with E-state index in [-0.39, 0.29) is 18.8 Å². The van der Waals surface area contributed by atoms with Crippen molar-refractivity contribution in [3.8, 4) is 11.8 Å². The first-order valence-electron chi connectivity index (χ1n) is 9.18. The maximum Gasteiger partial charge on any atom is 0.344 e. The van der Waals surface area contributed by atoms with Gasteiger partial charge in [-0.15, -0.1) is 0 Å². The third-order valence-corrected chi connectivity index (χ3v) is 5.29. The molecule has 0 aliphatic rings. The fraction of sp³-hybridized carbons (Fsp3) is 0.182. The molecule has 10 heteroatoms. The number of nitriles is 1. The summed E-state index contributed by atoms with van der Waals surface area (Å²) in [6, 6.07) is 11.3. The zero-order chi connectivity index (χ0) is 23.7. The van der Waals surface area contributed by atoms with Gasteiger partial charge in [-0.1, -0.05) is 0 Å². The molecule has 0 bridgehead atoms. The van der Waals surface area contributed by atoms with Gasteiger partial charge in [-0.25, -0.2) is 9.59 Å². The van der Waals surface area contributed by atoms with Crippen molar-refractivity contribution in [1.29, 1.82) is 5.26 Å². The summed E-state index contributed by atoms with van der Waals surface area (Å²) in [5.74, 6) is -1.13. The second-order valence-electron chi connectivity index (χ2n) is 6.10. The van der Waals surface area contributed by atoms with E-state index in [2.05, 4.69) is 26.0 Å². The predicted molar refractivity (Wildman–Crippen MR) is 129 cm³/mol. The lowest BCUT2D eigenvalue weighted by Gasteiger charge is -2.11. The van der Waals surface area contributed by atoms with Crippen molar-refractivity contribution in [3.05, 3.63) is 61.1 Å². The molecule has 0 spiro atoms. The van der Waals surface area contributed by atoms with Crippen LogP contribution in [-0.2, 0) is 19.1 Å². The summed E-state index contributed by atoms with van der Waals surface area (Å²) < 4.78 is 16.2. The van der Waals surface area contributed by atoms with Crippen molar-refractivity contribution in [3.63, 3.8) is 0 Å². The largest absolute Gasteiger partial charge is 0.480 e. The third kappa shape index (κ3) is 7.06. The Morgan fingerprint density at radius 2 is 1.91 bits per heavy atom. The highest BCUT2D eigenvalue weighted by molar-refractivity contribution is 14.1. The molecule has 0 unspecified atom stereocenters. The van der Waals surface area contributed by atoms with Crippen LogP contribution in [0.2, 0.25) is 0 Å². The third-order valence-electron chi connectivity index (χ3n) is 3.90. The van der Waals surface area contributed by atoms with Crippen LogP contribution in [0.25, 0.3) is 6.08 Å². The van der Waals surface area contributed by atoms with Crippen molar-refractivity contribution < 1.29 is 28.6 Å². The van der Waals surface area contributed by atoms with Crippen molar-refractivity contribution in [2.45, 2.75) is 6.92 Å². The number of carbonyl (C=O) groups excluding carboxylic acids is 3. The normalized spacial score (nSPS) is 10.7. The van der Waals surface area contributed by atoms with Gasteiger partial charge >= 0.3 is 11.9 Å². The predicted octanol–water partition coefficient (Wildman–Crippen LogP) is 4.33. The van der Waals surface area contributed by atoms with Crippen LogP contribution in [0, 0.1) is 14.9 Å².